The van der Waals surface area contributed by atoms with Gasteiger partial charge in [0.25, 0.3) is 15.9 Å². The Labute approximate surface area is 287 Å². The highest BCUT2D eigenvalue weighted by Gasteiger charge is 2.54. The minimum atomic E-state index is -3.99. The molecule has 2 atom stereocenters. The number of carbonyl (C=O) groups excluding carboxylic acids is 3. The van der Waals surface area contributed by atoms with Gasteiger partial charge in [0.1, 0.15) is 17.1 Å². The predicted molar refractivity (Wildman–Crippen MR) is 186 cm³/mol. The van der Waals surface area contributed by atoms with Crippen LogP contribution in [0.25, 0.3) is 0 Å². The van der Waals surface area contributed by atoms with Crippen LogP contribution in [0.15, 0.2) is 124 Å². The van der Waals surface area contributed by atoms with Crippen LogP contribution < -0.4 is 5.32 Å². The fourth-order valence-corrected chi connectivity index (χ4v) is 8.31. The van der Waals surface area contributed by atoms with Gasteiger partial charge in [0.15, 0.2) is 6.10 Å². The average molecular weight is 701 g/mol. The fourth-order valence-electron chi connectivity index (χ4n) is 5.35. The van der Waals surface area contributed by atoms with Crippen molar-refractivity contribution in [1.29, 1.82) is 0 Å². The summed E-state index contributed by atoms with van der Waals surface area (Å²) in [6, 6.07) is 27.7. The lowest BCUT2D eigenvalue weighted by Crippen LogP contribution is -2.70. The largest absolute Gasteiger partial charge is 0.448 e. The molecule has 1 fully saturated rings. The smallest absolute Gasteiger partial charge is 0.356 e. The molecule has 6 rings (SSSR count). The third kappa shape index (κ3) is 6.93. The molecule has 0 radical (unpaired) electrons. The molecule has 3 heterocycles. The van der Waals surface area contributed by atoms with Gasteiger partial charge in [0.2, 0.25) is 5.91 Å². The number of β-lactam (4-membered cyclic amide) rings is 1. The first-order chi connectivity index (χ1) is 23.1. The first-order valence-electron chi connectivity index (χ1n) is 15.0. The van der Waals surface area contributed by atoms with Crippen LogP contribution in [0.1, 0.15) is 27.7 Å². The highest BCUT2D eigenvalue weighted by molar-refractivity contribution is 8.00. The van der Waals surface area contributed by atoms with Crippen LogP contribution in [0.4, 0.5) is 0 Å². The monoisotopic (exact) mass is 700 g/mol. The molecule has 246 valence electrons. The summed E-state index contributed by atoms with van der Waals surface area (Å²) < 4.78 is 33.4. The van der Waals surface area contributed by atoms with Crippen molar-refractivity contribution in [2.24, 2.45) is 5.10 Å². The topological polar surface area (TPSA) is 125 Å². The molecule has 0 unspecified atom stereocenters. The number of rotatable bonds is 11. The van der Waals surface area contributed by atoms with Crippen molar-refractivity contribution < 1.29 is 27.5 Å². The van der Waals surface area contributed by atoms with Gasteiger partial charge >= 0.3 is 5.97 Å². The molecule has 3 aromatic carbocycles. The minimum Gasteiger partial charge on any atom is -0.448 e. The molecule has 2 amide bonds. The van der Waals surface area contributed by atoms with E-state index in [-0.39, 0.29) is 28.7 Å². The van der Waals surface area contributed by atoms with E-state index < -0.39 is 39.4 Å². The van der Waals surface area contributed by atoms with E-state index in [4.69, 9.17) is 4.74 Å². The normalized spacial score (nSPS) is 17.6. The van der Waals surface area contributed by atoms with Gasteiger partial charge in [-0.1, -0.05) is 84.4 Å². The Hall–Kier alpha value is -4.72. The van der Waals surface area contributed by atoms with Crippen molar-refractivity contribution in [2.45, 2.75) is 35.8 Å². The third-order valence-corrected chi connectivity index (χ3v) is 11.7. The van der Waals surface area contributed by atoms with Crippen LogP contribution in [0.3, 0.4) is 0 Å². The number of benzene rings is 3. The van der Waals surface area contributed by atoms with Gasteiger partial charge in [0, 0.05) is 23.3 Å². The number of nitrogens with one attached hydrogen (secondary N) is 1. The van der Waals surface area contributed by atoms with Gasteiger partial charge in [-0.25, -0.2) is 4.79 Å². The number of thioether (sulfide) groups is 1. The molecule has 1 N–H and O–H groups in total. The number of carbonyl (C=O) groups is 3. The number of thiophene rings is 1. The lowest BCUT2D eigenvalue weighted by Gasteiger charge is -2.49. The molecule has 2 aliphatic rings. The van der Waals surface area contributed by atoms with Crippen LogP contribution in [-0.4, -0.2) is 65.9 Å². The molecule has 2 aliphatic heterocycles. The zero-order valence-corrected chi connectivity index (χ0v) is 28.5. The molecule has 0 spiro atoms. The molecule has 4 aromatic rings. The van der Waals surface area contributed by atoms with Gasteiger partial charge in [-0.15, -0.1) is 23.1 Å². The molecular formula is C35H32N4O6S3. The highest BCUT2D eigenvalue weighted by atomic mass is 32.2. The standard InChI is InChI=1S/C35H32N4O6S3/c1-23-15-17-28(18-16-23)48(43,44)38(2)36-21-26-22-47-34-30(37-29(40)20-27-14-9-19-46-27)33(41)39(34)31(26)35(42)45-32(24-10-5-3-6-11-24)25-12-7-4-8-13-25/h3-19,21,30,32,34H,20,22H2,1-2H3,(H,37,40)/b36-21+/t30-,34-/m1/s1. The summed E-state index contributed by atoms with van der Waals surface area (Å²) >= 11 is 2.79. The minimum absolute atomic E-state index is 0.0470. The lowest BCUT2D eigenvalue weighted by molar-refractivity contribution is -0.154. The highest BCUT2D eigenvalue weighted by Crippen LogP contribution is 2.41. The summed E-state index contributed by atoms with van der Waals surface area (Å²) in [7, 11) is -2.68. The molecule has 0 bridgehead atoms. The summed E-state index contributed by atoms with van der Waals surface area (Å²) in [4.78, 5) is 42.9. The second kappa shape index (κ2) is 14.2. The molecule has 1 aromatic heterocycles. The van der Waals surface area contributed by atoms with Crippen LogP contribution in [0, 0.1) is 6.92 Å². The van der Waals surface area contributed by atoms with E-state index in [1.165, 1.54) is 53.4 Å². The number of aryl methyl sites for hydroxylation is 1. The zero-order chi connectivity index (χ0) is 33.8. The Kier molecular flexibility index (Phi) is 9.81. The second-order valence-corrected chi connectivity index (χ2v) is 15.3. The molecule has 10 nitrogen and oxygen atoms in total. The Bertz CT molecular complexity index is 1930. The molecule has 13 heteroatoms. The van der Waals surface area contributed by atoms with Crippen LogP contribution in [-0.2, 0) is 35.6 Å². The van der Waals surface area contributed by atoms with Gasteiger partial charge in [-0.2, -0.15) is 17.9 Å². The van der Waals surface area contributed by atoms with Crippen molar-refractivity contribution >= 4 is 57.1 Å². The van der Waals surface area contributed by atoms with Crippen molar-refractivity contribution in [3.63, 3.8) is 0 Å². The SMILES string of the molecule is Cc1ccc(S(=O)(=O)N(C)/N=C/C2=C(C(=O)OC(c3ccccc3)c3ccccc3)N3C(=O)[C@@H](NC(=O)Cc4cccs4)[C@H]3SC2)cc1. The van der Waals surface area contributed by atoms with E-state index >= 15 is 0 Å². The van der Waals surface area contributed by atoms with Gasteiger partial charge in [-0.3, -0.25) is 14.5 Å². The lowest BCUT2D eigenvalue weighted by atomic mass is 10.0. The van der Waals surface area contributed by atoms with E-state index in [1.807, 2.05) is 85.1 Å². The van der Waals surface area contributed by atoms with Gasteiger partial charge in [-0.05, 0) is 41.6 Å². The first-order valence-corrected chi connectivity index (χ1v) is 18.4. The maximum atomic E-state index is 14.2. The van der Waals surface area contributed by atoms with E-state index in [0.717, 1.165) is 26.0 Å². The maximum Gasteiger partial charge on any atom is 0.356 e. The second-order valence-electron chi connectivity index (χ2n) is 11.2. The summed E-state index contributed by atoms with van der Waals surface area (Å²) in [5.41, 5.74) is 2.63. The number of hydrogen-bond donors (Lipinski definition) is 1. The quantitative estimate of drug-likeness (QED) is 0.102. The van der Waals surface area contributed by atoms with E-state index in [1.54, 1.807) is 12.1 Å². The van der Waals surface area contributed by atoms with Crippen LogP contribution >= 0.6 is 23.1 Å². The van der Waals surface area contributed by atoms with Crippen molar-refractivity contribution in [3.8, 4) is 0 Å². The maximum absolute atomic E-state index is 14.2. The molecular weight excluding hydrogens is 669 g/mol. The van der Waals surface area contributed by atoms with Gasteiger partial charge in [0.05, 0.1) is 17.5 Å². The number of hydrogen-bond acceptors (Lipinski definition) is 9. The number of hydrazone groups is 1. The van der Waals surface area contributed by atoms with Crippen molar-refractivity contribution in [1.82, 2.24) is 14.6 Å². The number of ether oxygens (including phenoxy) is 1. The van der Waals surface area contributed by atoms with E-state index in [9.17, 15) is 22.8 Å². The number of esters is 1. The number of fused-ring (bicyclic) bond motifs is 1. The Balaban J connectivity index is 1.31. The Morgan fingerprint density at radius 1 is 1.00 bits per heavy atom. The number of nitrogens with zero attached hydrogens (tertiary/aromatic N) is 3. The van der Waals surface area contributed by atoms with E-state index in [2.05, 4.69) is 10.4 Å². The van der Waals surface area contributed by atoms with Crippen molar-refractivity contribution in [3.05, 3.63) is 135 Å². The van der Waals surface area contributed by atoms with E-state index in [0.29, 0.717) is 5.57 Å². The third-order valence-electron chi connectivity index (χ3n) is 7.89. The van der Waals surface area contributed by atoms with Crippen LogP contribution in [0.5, 0.6) is 0 Å². The summed E-state index contributed by atoms with van der Waals surface area (Å²) in [6.07, 6.45) is 0.626. The molecule has 1 saturated heterocycles. The summed E-state index contributed by atoms with van der Waals surface area (Å²) in [5, 5.41) is 8.34. The first kappa shape index (κ1) is 33.2. The van der Waals surface area contributed by atoms with Gasteiger partial charge < -0.3 is 10.1 Å². The summed E-state index contributed by atoms with van der Waals surface area (Å²) in [5.74, 6) is -1.34. The predicted octanol–water partition coefficient (Wildman–Crippen LogP) is 4.89. The fraction of sp³-hybridized carbons (Fsp3) is 0.200. The number of amides is 2. The van der Waals surface area contributed by atoms with Crippen LogP contribution in [0.2, 0.25) is 0 Å². The van der Waals surface area contributed by atoms with Crippen molar-refractivity contribution in [2.75, 3.05) is 12.8 Å². The Morgan fingerprint density at radius 2 is 1.65 bits per heavy atom. The summed E-state index contributed by atoms with van der Waals surface area (Å²) in [6.45, 7) is 1.86. The molecule has 48 heavy (non-hydrogen) atoms. The molecule has 0 saturated carbocycles. The zero-order valence-electron chi connectivity index (χ0n) is 26.1. The Morgan fingerprint density at radius 3 is 2.25 bits per heavy atom. The average Bonchev–Trinajstić information content (AvgIpc) is 3.61. The number of sulfonamides is 1. The molecule has 0 aliphatic carbocycles.